The van der Waals surface area contributed by atoms with Crippen molar-refractivity contribution in [3.8, 4) is 0 Å². The first kappa shape index (κ1) is 10.5. The smallest absolute Gasteiger partial charge is 0.127 e. The van der Waals surface area contributed by atoms with Crippen molar-refractivity contribution in [1.29, 1.82) is 0 Å². The van der Waals surface area contributed by atoms with Gasteiger partial charge in [-0.05, 0) is 6.07 Å². The van der Waals surface area contributed by atoms with Crippen LogP contribution in [0.1, 0.15) is 26.5 Å². The molecule has 0 N–H and O–H groups in total. The molecule has 1 heterocycles. The van der Waals surface area contributed by atoms with E-state index in [-0.39, 0.29) is 5.41 Å². The summed E-state index contributed by atoms with van der Waals surface area (Å²) in [5, 5.41) is 5.21. The Hall–Kier alpha value is -0.573. The second-order valence-electron chi connectivity index (χ2n) is 5.58. The molecule has 0 unspecified atom stereocenters. The fraction of sp³-hybridized carbons (Fsp3) is 0.700. The van der Waals surface area contributed by atoms with Crippen LogP contribution >= 0.6 is 0 Å². The van der Waals surface area contributed by atoms with Gasteiger partial charge in [-0.2, -0.15) is 0 Å². The molecule has 0 aromatic carbocycles. The van der Waals surface area contributed by atoms with Crippen molar-refractivity contribution in [2.24, 2.45) is 0 Å². The molecule has 3 heteroatoms. The number of rotatable bonds is 1. The van der Waals surface area contributed by atoms with Crippen molar-refractivity contribution in [3.05, 3.63) is 11.8 Å². The molecule has 0 aliphatic carbocycles. The fourth-order valence-electron chi connectivity index (χ4n) is 0.982. The summed E-state index contributed by atoms with van der Waals surface area (Å²) < 4.78 is 5.37. The second kappa shape index (κ2) is 2.98. The highest BCUT2D eigenvalue weighted by Gasteiger charge is 2.26. The number of nitrogens with zero attached hydrogens (tertiary/aromatic N) is 1. The zero-order valence-electron chi connectivity index (χ0n) is 9.43. The van der Waals surface area contributed by atoms with Gasteiger partial charge in [0.25, 0.3) is 0 Å². The van der Waals surface area contributed by atoms with Gasteiger partial charge in [0.15, 0.2) is 0 Å². The van der Waals surface area contributed by atoms with Crippen LogP contribution in [0.5, 0.6) is 0 Å². The molecule has 1 aromatic rings. The summed E-state index contributed by atoms with van der Waals surface area (Å²) in [6, 6.07) is 2.12. The van der Waals surface area contributed by atoms with Gasteiger partial charge in [0.05, 0.1) is 5.69 Å². The molecule has 0 aliphatic heterocycles. The van der Waals surface area contributed by atoms with Crippen LogP contribution < -0.4 is 5.38 Å². The van der Waals surface area contributed by atoms with Gasteiger partial charge < -0.3 is 4.52 Å². The van der Waals surface area contributed by atoms with Crippen LogP contribution in [0.4, 0.5) is 0 Å². The Balaban J connectivity index is 3.01. The topological polar surface area (TPSA) is 26.0 Å². The minimum Gasteiger partial charge on any atom is -0.366 e. The Morgan fingerprint density at radius 3 is 2.00 bits per heavy atom. The van der Waals surface area contributed by atoms with Crippen LogP contribution in [0, 0.1) is 0 Å². The summed E-state index contributed by atoms with van der Waals surface area (Å²) in [5.41, 5.74) is 1.16. The SMILES string of the molecule is CC(C)(C)c1cc([Si](C)(C)C)on1. The van der Waals surface area contributed by atoms with Crippen LogP contribution in [0.25, 0.3) is 0 Å². The van der Waals surface area contributed by atoms with Gasteiger partial charge in [-0.15, -0.1) is 0 Å². The molecule has 0 fully saturated rings. The Labute approximate surface area is 81.3 Å². The highest BCUT2D eigenvalue weighted by Crippen LogP contribution is 2.19. The summed E-state index contributed by atoms with van der Waals surface area (Å²) in [5.74, 6) is 0. The third-order valence-corrected chi connectivity index (χ3v) is 3.73. The van der Waals surface area contributed by atoms with E-state index < -0.39 is 8.07 Å². The normalized spacial score (nSPS) is 13.4. The lowest BCUT2D eigenvalue weighted by molar-refractivity contribution is 0.410. The van der Waals surface area contributed by atoms with Crippen LogP contribution in [-0.4, -0.2) is 13.2 Å². The monoisotopic (exact) mass is 197 g/mol. The van der Waals surface area contributed by atoms with Crippen LogP contribution in [0.2, 0.25) is 19.6 Å². The predicted molar refractivity (Wildman–Crippen MR) is 58.2 cm³/mol. The van der Waals surface area contributed by atoms with Gasteiger partial charge in [0, 0.05) is 5.41 Å². The highest BCUT2D eigenvalue weighted by atomic mass is 28.3. The van der Waals surface area contributed by atoms with Gasteiger partial charge in [0.2, 0.25) is 0 Å². The Morgan fingerprint density at radius 1 is 1.23 bits per heavy atom. The van der Waals surface area contributed by atoms with Crippen molar-refractivity contribution in [2.45, 2.75) is 45.8 Å². The van der Waals surface area contributed by atoms with Crippen molar-refractivity contribution in [1.82, 2.24) is 5.16 Å². The zero-order chi connectivity index (χ0) is 10.3. The quantitative estimate of drug-likeness (QED) is 0.647. The molecule has 0 atom stereocenters. The molecule has 1 aromatic heterocycles. The minimum atomic E-state index is -1.32. The van der Waals surface area contributed by atoms with Crippen molar-refractivity contribution in [2.75, 3.05) is 0 Å². The third-order valence-electron chi connectivity index (χ3n) is 2.02. The van der Waals surface area contributed by atoms with Gasteiger partial charge in [-0.1, -0.05) is 45.6 Å². The van der Waals surface area contributed by atoms with E-state index in [9.17, 15) is 0 Å². The maximum absolute atomic E-state index is 5.37. The van der Waals surface area contributed by atoms with E-state index in [4.69, 9.17) is 4.52 Å². The van der Waals surface area contributed by atoms with Gasteiger partial charge in [-0.3, -0.25) is 0 Å². The largest absolute Gasteiger partial charge is 0.366 e. The van der Waals surface area contributed by atoms with E-state index >= 15 is 0 Å². The van der Waals surface area contributed by atoms with Crippen LogP contribution in [0.3, 0.4) is 0 Å². The van der Waals surface area contributed by atoms with Gasteiger partial charge in [-0.25, -0.2) is 0 Å². The van der Waals surface area contributed by atoms with E-state index in [0.29, 0.717) is 0 Å². The molecule has 0 amide bonds. The first-order chi connectivity index (χ1) is 5.71. The van der Waals surface area contributed by atoms with E-state index in [2.05, 4.69) is 51.6 Å². The summed E-state index contributed by atoms with van der Waals surface area (Å²) in [6.45, 7) is 13.2. The van der Waals surface area contributed by atoms with Crippen LogP contribution in [0.15, 0.2) is 10.6 Å². The number of hydrogen-bond acceptors (Lipinski definition) is 2. The number of aromatic nitrogens is 1. The molecule has 0 saturated carbocycles. The van der Waals surface area contributed by atoms with Crippen LogP contribution in [-0.2, 0) is 5.41 Å². The Kier molecular flexibility index (Phi) is 2.41. The van der Waals surface area contributed by atoms with Gasteiger partial charge in [0.1, 0.15) is 13.5 Å². The second-order valence-corrected chi connectivity index (χ2v) is 10.6. The average Bonchev–Trinajstić information content (AvgIpc) is 2.28. The molecule has 0 spiro atoms. The summed E-state index contributed by atoms with van der Waals surface area (Å²) in [6.07, 6.45) is 0. The molecule has 0 radical (unpaired) electrons. The molecule has 74 valence electrons. The first-order valence-electron chi connectivity index (χ1n) is 4.69. The van der Waals surface area contributed by atoms with Gasteiger partial charge >= 0.3 is 0 Å². The molecule has 1 rings (SSSR count). The molecular weight excluding hydrogens is 178 g/mol. The molecule has 0 saturated heterocycles. The summed E-state index contributed by atoms with van der Waals surface area (Å²) >= 11 is 0. The lowest BCUT2D eigenvalue weighted by Gasteiger charge is -2.13. The lowest BCUT2D eigenvalue weighted by atomic mass is 9.93. The summed E-state index contributed by atoms with van der Waals surface area (Å²) in [4.78, 5) is 0. The fourth-order valence-corrected chi connectivity index (χ4v) is 1.87. The average molecular weight is 197 g/mol. The van der Waals surface area contributed by atoms with Crippen molar-refractivity contribution >= 4 is 13.5 Å². The molecule has 2 nitrogen and oxygen atoms in total. The standard InChI is InChI=1S/C10H19NOSi/c1-10(2,3)8-7-9(12-11-8)13(4,5)6/h7H,1-6H3. The Morgan fingerprint density at radius 2 is 1.77 bits per heavy atom. The van der Waals surface area contributed by atoms with E-state index in [1.165, 1.54) is 0 Å². The van der Waals surface area contributed by atoms with E-state index in [1.54, 1.807) is 0 Å². The molecule has 0 bridgehead atoms. The predicted octanol–water partition coefficient (Wildman–Crippen LogP) is 2.52. The zero-order valence-corrected chi connectivity index (χ0v) is 10.4. The Bertz CT molecular complexity index is 262. The maximum atomic E-state index is 5.37. The number of hydrogen-bond donors (Lipinski definition) is 0. The maximum Gasteiger partial charge on any atom is 0.127 e. The molecule has 13 heavy (non-hydrogen) atoms. The minimum absolute atomic E-state index is 0.0986. The van der Waals surface area contributed by atoms with Crippen molar-refractivity contribution < 1.29 is 4.52 Å². The third kappa shape index (κ3) is 2.43. The highest BCUT2D eigenvalue weighted by molar-refractivity contribution is 6.87. The van der Waals surface area contributed by atoms with Crippen molar-refractivity contribution in [3.63, 3.8) is 0 Å². The molecule has 0 aliphatic rings. The van der Waals surface area contributed by atoms with E-state index in [0.717, 1.165) is 11.1 Å². The first-order valence-corrected chi connectivity index (χ1v) is 8.19. The molecular formula is C10H19NOSi. The summed E-state index contributed by atoms with van der Waals surface area (Å²) in [7, 11) is -1.32. The van der Waals surface area contributed by atoms with E-state index in [1.807, 2.05) is 0 Å². The lowest BCUT2D eigenvalue weighted by Crippen LogP contribution is -2.36.